The molecule has 0 radical (unpaired) electrons. The highest BCUT2D eigenvalue weighted by molar-refractivity contribution is 5.56. The fraction of sp³-hybridized carbons (Fsp3) is 0.600. The number of hydrogen-bond acceptors (Lipinski definition) is 3. The summed E-state index contributed by atoms with van der Waals surface area (Å²) in [6.45, 7) is 6.22. The molecule has 1 aromatic carbocycles. The molecule has 2 atom stereocenters. The van der Waals surface area contributed by atoms with Crippen LogP contribution in [0.4, 0.5) is 10.1 Å². The standard InChI is InChI=1S/C15H23FN2O/c1-3-18(10-12-6-5-9-19-12)15-13(11(2)17)7-4-8-14(15)16/h4,7-8,11-12H,3,5-6,9-10,17H2,1-2H3. The highest BCUT2D eigenvalue weighted by Gasteiger charge is 2.22. The van der Waals surface area contributed by atoms with E-state index in [9.17, 15) is 4.39 Å². The summed E-state index contributed by atoms with van der Waals surface area (Å²) in [5.41, 5.74) is 7.46. The van der Waals surface area contributed by atoms with Crippen molar-refractivity contribution < 1.29 is 9.13 Å². The maximum atomic E-state index is 14.2. The molecule has 1 fully saturated rings. The first kappa shape index (κ1) is 14.3. The Labute approximate surface area is 114 Å². The smallest absolute Gasteiger partial charge is 0.146 e. The van der Waals surface area contributed by atoms with Gasteiger partial charge in [0.1, 0.15) is 5.82 Å². The van der Waals surface area contributed by atoms with Gasteiger partial charge in [0.2, 0.25) is 0 Å². The van der Waals surface area contributed by atoms with Gasteiger partial charge in [-0.05, 0) is 38.3 Å². The molecule has 0 bridgehead atoms. The lowest BCUT2D eigenvalue weighted by atomic mass is 10.0. The topological polar surface area (TPSA) is 38.5 Å². The Morgan fingerprint density at radius 2 is 2.32 bits per heavy atom. The largest absolute Gasteiger partial charge is 0.376 e. The first-order chi connectivity index (χ1) is 9.13. The highest BCUT2D eigenvalue weighted by atomic mass is 19.1. The van der Waals surface area contributed by atoms with Crippen molar-refractivity contribution >= 4 is 5.69 Å². The molecule has 1 saturated heterocycles. The van der Waals surface area contributed by atoms with Crippen LogP contribution in [0.5, 0.6) is 0 Å². The number of nitrogens with zero attached hydrogens (tertiary/aromatic N) is 1. The second kappa shape index (κ2) is 6.35. The normalized spacial score (nSPS) is 20.5. The number of ether oxygens (including phenoxy) is 1. The Bertz CT molecular complexity index is 417. The molecule has 1 aliphatic heterocycles. The number of halogens is 1. The Morgan fingerprint density at radius 3 is 2.89 bits per heavy atom. The summed E-state index contributed by atoms with van der Waals surface area (Å²) in [4.78, 5) is 2.05. The number of rotatable bonds is 5. The van der Waals surface area contributed by atoms with Crippen molar-refractivity contribution in [1.29, 1.82) is 0 Å². The average molecular weight is 266 g/mol. The molecule has 1 aromatic rings. The van der Waals surface area contributed by atoms with Crippen molar-refractivity contribution in [1.82, 2.24) is 0 Å². The first-order valence-electron chi connectivity index (χ1n) is 7.04. The summed E-state index contributed by atoms with van der Waals surface area (Å²) in [5, 5.41) is 0. The summed E-state index contributed by atoms with van der Waals surface area (Å²) in [6.07, 6.45) is 2.36. The van der Waals surface area contributed by atoms with Gasteiger partial charge in [0.15, 0.2) is 0 Å². The third-order valence-electron chi connectivity index (χ3n) is 3.65. The minimum absolute atomic E-state index is 0.177. The van der Waals surface area contributed by atoms with Crippen molar-refractivity contribution in [3.05, 3.63) is 29.6 Å². The van der Waals surface area contributed by atoms with Crippen LogP contribution in [0, 0.1) is 5.82 Å². The lowest BCUT2D eigenvalue weighted by molar-refractivity contribution is 0.115. The van der Waals surface area contributed by atoms with Crippen LogP contribution in [0.25, 0.3) is 0 Å². The lowest BCUT2D eigenvalue weighted by Gasteiger charge is -2.29. The van der Waals surface area contributed by atoms with Gasteiger partial charge in [-0.1, -0.05) is 12.1 Å². The molecule has 0 aromatic heterocycles. The molecule has 0 spiro atoms. The third-order valence-corrected chi connectivity index (χ3v) is 3.65. The molecular formula is C15H23FN2O. The van der Waals surface area contributed by atoms with E-state index in [4.69, 9.17) is 10.5 Å². The SMILES string of the molecule is CCN(CC1CCCO1)c1c(F)cccc1C(C)N. The first-order valence-corrected chi connectivity index (χ1v) is 7.04. The van der Waals surface area contributed by atoms with E-state index in [1.54, 1.807) is 6.07 Å². The number of para-hydroxylation sites is 1. The number of benzene rings is 1. The molecule has 19 heavy (non-hydrogen) atoms. The van der Waals surface area contributed by atoms with Crippen LogP contribution in [0.1, 0.15) is 38.3 Å². The van der Waals surface area contributed by atoms with Crippen LogP contribution in [0.2, 0.25) is 0 Å². The summed E-state index contributed by atoms with van der Waals surface area (Å²) in [6, 6.07) is 4.95. The van der Waals surface area contributed by atoms with Crippen molar-refractivity contribution in [2.24, 2.45) is 5.73 Å². The average Bonchev–Trinajstić information content (AvgIpc) is 2.89. The molecule has 1 heterocycles. The van der Waals surface area contributed by atoms with Gasteiger partial charge in [0, 0.05) is 25.7 Å². The number of likely N-dealkylation sites (N-methyl/N-ethyl adjacent to an activating group) is 1. The Balaban J connectivity index is 2.25. The minimum Gasteiger partial charge on any atom is -0.376 e. The second-order valence-corrected chi connectivity index (χ2v) is 5.14. The van der Waals surface area contributed by atoms with E-state index in [-0.39, 0.29) is 18.0 Å². The fourth-order valence-electron chi connectivity index (χ4n) is 2.65. The van der Waals surface area contributed by atoms with E-state index >= 15 is 0 Å². The van der Waals surface area contributed by atoms with Gasteiger partial charge < -0.3 is 15.4 Å². The molecule has 2 rings (SSSR count). The fourth-order valence-corrected chi connectivity index (χ4v) is 2.65. The number of anilines is 1. The molecule has 4 heteroatoms. The highest BCUT2D eigenvalue weighted by Crippen LogP contribution is 2.29. The van der Waals surface area contributed by atoms with E-state index in [1.807, 2.05) is 24.8 Å². The molecule has 1 aliphatic rings. The van der Waals surface area contributed by atoms with E-state index in [2.05, 4.69) is 0 Å². The van der Waals surface area contributed by atoms with Gasteiger partial charge in [-0.25, -0.2) is 4.39 Å². The summed E-state index contributed by atoms with van der Waals surface area (Å²) in [7, 11) is 0. The summed E-state index contributed by atoms with van der Waals surface area (Å²) < 4.78 is 19.8. The van der Waals surface area contributed by atoms with Crippen molar-refractivity contribution in [2.75, 3.05) is 24.6 Å². The minimum atomic E-state index is -0.199. The molecule has 2 unspecified atom stereocenters. The maximum Gasteiger partial charge on any atom is 0.146 e. The Morgan fingerprint density at radius 1 is 1.53 bits per heavy atom. The molecule has 0 aliphatic carbocycles. The van der Waals surface area contributed by atoms with Crippen LogP contribution in [-0.4, -0.2) is 25.8 Å². The predicted octanol–water partition coefficient (Wildman–Crippen LogP) is 2.85. The molecular weight excluding hydrogens is 243 g/mol. The zero-order chi connectivity index (χ0) is 13.8. The van der Waals surface area contributed by atoms with E-state index in [1.165, 1.54) is 6.07 Å². The second-order valence-electron chi connectivity index (χ2n) is 5.14. The Hall–Kier alpha value is -1.13. The molecule has 0 amide bonds. The third kappa shape index (κ3) is 3.25. The zero-order valence-electron chi connectivity index (χ0n) is 11.7. The number of nitrogens with two attached hydrogens (primary N) is 1. The van der Waals surface area contributed by atoms with Crippen LogP contribution in [0.15, 0.2) is 18.2 Å². The van der Waals surface area contributed by atoms with Gasteiger partial charge in [-0.15, -0.1) is 0 Å². The maximum absolute atomic E-state index is 14.2. The predicted molar refractivity (Wildman–Crippen MR) is 75.9 cm³/mol. The van der Waals surface area contributed by atoms with Crippen LogP contribution < -0.4 is 10.6 Å². The van der Waals surface area contributed by atoms with Gasteiger partial charge in [-0.2, -0.15) is 0 Å². The quantitative estimate of drug-likeness (QED) is 0.890. The monoisotopic (exact) mass is 266 g/mol. The summed E-state index contributed by atoms with van der Waals surface area (Å²) in [5.74, 6) is -0.199. The van der Waals surface area contributed by atoms with Gasteiger partial charge in [0.05, 0.1) is 11.8 Å². The van der Waals surface area contributed by atoms with Gasteiger partial charge in [-0.3, -0.25) is 0 Å². The lowest BCUT2D eigenvalue weighted by Crippen LogP contribution is -2.34. The van der Waals surface area contributed by atoms with E-state index < -0.39 is 0 Å². The van der Waals surface area contributed by atoms with Crippen molar-refractivity contribution in [3.8, 4) is 0 Å². The molecule has 3 nitrogen and oxygen atoms in total. The van der Waals surface area contributed by atoms with Gasteiger partial charge >= 0.3 is 0 Å². The van der Waals surface area contributed by atoms with Crippen molar-refractivity contribution in [2.45, 2.75) is 38.8 Å². The van der Waals surface area contributed by atoms with Crippen LogP contribution >= 0.6 is 0 Å². The molecule has 2 N–H and O–H groups in total. The van der Waals surface area contributed by atoms with Crippen LogP contribution in [-0.2, 0) is 4.74 Å². The Kier molecular flexibility index (Phi) is 4.77. The zero-order valence-corrected chi connectivity index (χ0v) is 11.7. The van der Waals surface area contributed by atoms with Crippen LogP contribution in [0.3, 0.4) is 0 Å². The number of hydrogen-bond donors (Lipinski definition) is 1. The summed E-state index contributed by atoms with van der Waals surface area (Å²) >= 11 is 0. The van der Waals surface area contributed by atoms with E-state index in [0.717, 1.165) is 38.1 Å². The van der Waals surface area contributed by atoms with Crippen molar-refractivity contribution in [3.63, 3.8) is 0 Å². The molecule has 106 valence electrons. The van der Waals surface area contributed by atoms with Gasteiger partial charge in [0.25, 0.3) is 0 Å². The van der Waals surface area contributed by atoms with E-state index in [0.29, 0.717) is 5.69 Å². The molecule has 0 saturated carbocycles.